The van der Waals surface area contributed by atoms with Gasteiger partial charge in [0.25, 0.3) is 15.9 Å². The fourth-order valence-electron chi connectivity index (χ4n) is 3.38. The van der Waals surface area contributed by atoms with E-state index in [0.717, 1.165) is 5.56 Å². The zero-order chi connectivity index (χ0) is 26.8. The molecular formula is C27H30N2O7S. The first kappa shape index (κ1) is 27.5. The molecule has 0 spiro atoms. The zero-order valence-electron chi connectivity index (χ0n) is 20.9. The predicted octanol–water partition coefficient (Wildman–Crippen LogP) is 4.32. The normalized spacial score (nSPS) is 10.9. The van der Waals surface area contributed by atoms with Gasteiger partial charge in [-0.2, -0.15) is 0 Å². The summed E-state index contributed by atoms with van der Waals surface area (Å²) in [7, 11) is -3.82. The third-order valence-electron chi connectivity index (χ3n) is 5.12. The lowest BCUT2D eigenvalue weighted by Gasteiger charge is -2.13. The molecule has 0 saturated heterocycles. The second-order valence-electron chi connectivity index (χ2n) is 8.01. The molecule has 37 heavy (non-hydrogen) atoms. The number of rotatable bonds is 12. The topological polar surface area (TPSA) is 120 Å². The van der Waals surface area contributed by atoms with Crippen LogP contribution in [0.25, 0.3) is 0 Å². The maximum absolute atomic E-state index is 12.8. The third kappa shape index (κ3) is 8.25. The van der Waals surface area contributed by atoms with Gasteiger partial charge in [0.2, 0.25) is 0 Å². The van der Waals surface area contributed by atoms with Gasteiger partial charge in [-0.1, -0.05) is 12.1 Å². The lowest BCUT2D eigenvalue weighted by molar-refractivity contribution is -0.142. The SMILES string of the molecule is CCOC(=O)Cc1ccc(NC(=O)COc2ccc(S(=O)(=O)Nc3ccc(OCC)cc3)cc2C)cc1. The van der Waals surface area contributed by atoms with Gasteiger partial charge in [0.15, 0.2) is 6.61 Å². The molecule has 3 aromatic carbocycles. The summed E-state index contributed by atoms with van der Waals surface area (Å²) >= 11 is 0. The fourth-order valence-corrected chi connectivity index (χ4v) is 4.52. The van der Waals surface area contributed by atoms with Crippen molar-refractivity contribution in [3.63, 3.8) is 0 Å². The van der Waals surface area contributed by atoms with E-state index in [1.807, 2.05) is 6.92 Å². The van der Waals surface area contributed by atoms with Crippen LogP contribution in [-0.4, -0.2) is 40.1 Å². The number of hydrogen-bond donors (Lipinski definition) is 2. The lowest BCUT2D eigenvalue weighted by atomic mass is 10.1. The van der Waals surface area contributed by atoms with Crippen molar-refractivity contribution in [2.24, 2.45) is 0 Å². The Kier molecular flexibility index (Phi) is 9.51. The lowest BCUT2D eigenvalue weighted by Crippen LogP contribution is -2.20. The Morgan fingerprint density at radius 2 is 1.51 bits per heavy atom. The van der Waals surface area contributed by atoms with E-state index in [1.165, 1.54) is 18.2 Å². The number of benzene rings is 3. The molecule has 0 aliphatic heterocycles. The van der Waals surface area contributed by atoms with Crippen LogP contribution in [0.1, 0.15) is 25.0 Å². The van der Waals surface area contributed by atoms with Gasteiger partial charge in [-0.3, -0.25) is 14.3 Å². The highest BCUT2D eigenvalue weighted by molar-refractivity contribution is 7.92. The fraction of sp³-hybridized carbons (Fsp3) is 0.259. The number of carbonyl (C=O) groups is 2. The molecular weight excluding hydrogens is 496 g/mol. The molecule has 0 heterocycles. The Morgan fingerprint density at radius 3 is 2.14 bits per heavy atom. The number of sulfonamides is 1. The summed E-state index contributed by atoms with van der Waals surface area (Å²) in [5, 5.41) is 2.72. The number of anilines is 2. The Hall–Kier alpha value is -4.05. The molecule has 3 rings (SSSR count). The molecule has 0 aliphatic carbocycles. The minimum absolute atomic E-state index is 0.0681. The Balaban J connectivity index is 1.55. The van der Waals surface area contributed by atoms with Crippen molar-refractivity contribution in [2.45, 2.75) is 32.1 Å². The van der Waals surface area contributed by atoms with E-state index in [9.17, 15) is 18.0 Å². The monoisotopic (exact) mass is 526 g/mol. The van der Waals surface area contributed by atoms with Crippen LogP contribution in [0, 0.1) is 6.92 Å². The highest BCUT2D eigenvalue weighted by atomic mass is 32.2. The maximum Gasteiger partial charge on any atom is 0.310 e. The number of amides is 1. The summed E-state index contributed by atoms with van der Waals surface area (Å²) < 4.78 is 44.0. The minimum Gasteiger partial charge on any atom is -0.494 e. The standard InChI is InChI=1S/C27H30N2O7S/c1-4-34-23-12-10-22(11-13-23)29-37(32,33)24-14-15-25(19(3)16-24)36-18-26(30)28-21-8-6-20(7-9-21)17-27(31)35-5-2/h6-16,29H,4-5,17-18H2,1-3H3,(H,28,30). The largest absolute Gasteiger partial charge is 0.494 e. The van der Waals surface area contributed by atoms with Gasteiger partial charge in [-0.25, -0.2) is 8.42 Å². The van der Waals surface area contributed by atoms with Crippen molar-refractivity contribution in [1.29, 1.82) is 0 Å². The van der Waals surface area contributed by atoms with E-state index in [4.69, 9.17) is 14.2 Å². The molecule has 196 valence electrons. The molecule has 0 radical (unpaired) electrons. The van der Waals surface area contributed by atoms with Gasteiger partial charge in [-0.05, 0) is 86.5 Å². The summed E-state index contributed by atoms with van der Waals surface area (Å²) in [5.41, 5.74) is 2.30. The zero-order valence-corrected chi connectivity index (χ0v) is 21.8. The highest BCUT2D eigenvalue weighted by Crippen LogP contribution is 2.24. The third-order valence-corrected chi connectivity index (χ3v) is 6.50. The number of esters is 1. The second-order valence-corrected chi connectivity index (χ2v) is 9.69. The molecule has 1 amide bonds. The van der Waals surface area contributed by atoms with Crippen LogP contribution in [0.5, 0.6) is 11.5 Å². The number of nitrogens with one attached hydrogen (secondary N) is 2. The summed E-state index contributed by atoms with van der Waals surface area (Å²) in [6.07, 6.45) is 0.159. The van der Waals surface area contributed by atoms with Crippen molar-refractivity contribution in [2.75, 3.05) is 29.9 Å². The summed E-state index contributed by atoms with van der Waals surface area (Å²) in [5.74, 6) is 0.345. The smallest absolute Gasteiger partial charge is 0.310 e. The molecule has 0 bridgehead atoms. The van der Waals surface area contributed by atoms with Crippen molar-refractivity contribution >= 4 is 33.3 Å². The number of hydrogen-bond acceptors (Lipinski definition) is 7. The van der Waals surface area contributed by atoms with Gasteiger partial charge in [0, 0.05) is 11.4 Å². The van der Waals surface area contributed by atoms with E-state index in [-0.39, 0.29) is 29.8 Å². The maximum atomic E-state index is 12.8. The number of carbonyl (C=O) groups excluding carboxylic acids is 2. The van der Waals surface area contributed by atoms with Crippen LogP contribution in [-0.2, 0) is 30.8 Å². The van der Waals surface area contributed by atoms with E-state index in [2.05, 4.69) is 10.0 Å². The molecule has 10 heteroatoms. The van der Waals surface area contributed by atoms with Gasteiger partial charge in [0.05, 0.1) is 24.5 Å². The van der Waals surface area contributed by atoms with E-state index < -0.39 is 10.0 Å². The van der Waals surface area contributed by atoms with Crippen LogP contribution >= 0.6 is 0 Å². The summed E-state index contributed by atoms with van der Waals surface area (Å²) in [4.78, 5) is 23.9. The average molecular weight is 527 g/mol. The molecule has 3 aromatic rings. The molecule has 0 aromatic heterocycles. The molecule has 0 fully saturated rings. The van der Waals surface area contributed by atoms with Crippen molar-refractivity contribution < 1.29 is 32.2 Å². The predicted molar refractivity (Wildman–Crippen MR) is 141 cm³/mol. The first-order chi connectivity index (χ1) is 17.7. The first-order valence-electron chi connectivity index (χ1n) is 11.7. The van der Waals surface area contributed by atoms with Gasteiger partial charge in [-0.15, -0.1) is 0 Å². The molecule has 0 aliphatic rings. The van der Waals surface area contributed by atoms with E-state index >= 15 is 0 Å². The summed E-state index contributed by atoms with van der Waals surface area (Å²) in [6, 6.07) is 17.9. The van der Waals surface area contributed by atoms with Gasteiger partial charge in [0.1, 0.15) is 11.5 Å². The van der Waals surface area contributed by atoms with Crippen molar-refractivity contribution in [1.82, 2.24) is 0 Å². The average Bonchev–Trinajstić information content (AvgIpc) is 2.86. The van der Waals surface area contributed by atoms with Crippen LogP contribution in [0.2, 0.25) is 0 Å². The number of ether oxygens (including phenoxy) is 3. The summed E-state index contributed by atoms with van der Waals surface area (Å²) in [6.45, 7) is 5.90. The van der Waals surface area contributed by atoms with Crippen LogP contribution in [0.3, 0.4) is 0 Å². The van der Waals surface area contributed by atoms with Crippen LogP contribution in [0.15, 0.2) is 71.6 Å². The second kappa shape index (κ2) is 12.8. The first-order valence-corrected chi connectivity index (χ1v) is 13.2. The van der Waals surface area contributed by atoms with Crippen molar-refractivity contribution in [3.05, 3.63) is 77.9 Å². The molecule has 9 nitrogen and oxygen atoms in total. The minimum atomic E-state index is -3.82. The molecule has 0 unspecified atom stereocenters. The van der Waals surface area contributed by atoms with Crippen LogP contribution in [0.4, 0.5) is 11.4 Å². The number of aryl methyl sites for hydroxylation is 1. The van der Waals surface area contributed by atoms with Crippen molar-refractivity contribution in [3.8, 4) is 11.5 Å². The van der Waals surface area contributed by atoms with Crippen LogP contribution < -0.4 is 19.5 Å². The Labute approximate surface area is 216 Å². The van der Waals surface area contributed by atoms with Gasteiger partial charge >= 0.3 is 5.97 Å². The Bertz CT molecular complexity index is 1320. The molecule has 0 saturated carbocycles. The molecule has 2 N–H and O–H groups in total. The van der Waals surface area contributed by atoms with E-state index in [0.29, 0.717) is 41.7 Å². The Morgan fingerprint density at radius 1 is 0.838 bits per heavy atom. The van der Waals surface area contributed by atoms with Gasteiger partial charge < -0.3 is 19.5 Å². The highest BCUT2D eigenvalue weighted by Gasteiger charge is 2.16. The van der Waals surface area contributed by atoms with E-state index in [1.54, 1.807) is 62.4 Å². The quantitative estimate of drug-likeness (QED) is 0.337. The molecule has 0 atom stereocenters.